The number of nitrogens with zero attached hydrogens (tertiary/aromatic N) is 2. The Morgan fingerprint density at radius 1 is 1.41 bits per heavy atom. The van der Waals surface area contributed by atoms with Crippen molar-refractivity contribution in [2.75, 3.05) is 0 Å². The van der Waals surface area contributed by atoms with Crippen LogP contribution >= 0.6 is 15.9 Å². The molecule has 1 heterocycles. The number of amides is 1. The Balaban J connectivity index is 1.62. The smallest absolute Gasteiger partial charge is 0.224 e. The second kappa shape index (κ2) is 5.88. The quantitative estimate of drug-likeness (QED) is 0.905. The molecule has 1 aromatic heterocycles. The predicted molar refractivity (Wildman–Crippen MR) is 89.5 cm³/mol. The highest BCUT2D eigenvalue weighted by atomic mass is 79.9. The monoisotopic (exact) mass is 361 g/mol. The van der Waals surface area contributed by atoms with Crippen molar-refractivity contribution in [1.82, 2.24) is 15.1 Å². The minimum Gasteiger partial charge on any atom is -0.349 e. The first kappa shape index (κ1) is 15.3. The number of nitrogens with one attached hydrogen (secondary N) is 1. The summed E-state index contributed by atoms with van der Waals surface area (Å²) < 4.78 is 2.90. The predicted octanol–water partition coefficient (Wildman–Crippen LogP) is 3.47. The molecule has 1 saturated carbocycles. The zero-order valence-electron chi connectivity index (χ0n) is 13.0. The van der Waals surface area contributed by atoms with Crippen LogP contribution in [0.5, 0.6) is 0 Å². The van der Waals surface area contributed by atoms with Crippen LogP contribution in [-0.4, -0.2) is 15.7 Å². The maximum Gasteiger partial charge on any atom is 0.224 e. The first-order valence-corrected chi connectivity index (χ1v) is 8.31. The van der Waals surface area contributed by atoms with Crippen molar-refractivity contribution in [2.24, 2.45) is 13.0 Å². The summed E-state index contributed by atoms with van der Waals surface area (Å²) in [6, 6.07) is 8.24. The van der Waals surface area contributed by atoms with Gasteiger partial charge in [0.1, 0.15) is 0 Å². The Hall–Kier alpha value is -1.62. The normalized spacial score (nSPS) is 21.5. The largest absolute Gasteiger partial charge is 0.349 e. The molecule has 4 nitrogen and oxygen atoms in total. The summed E-state index contributed by atoms with van der Waals surface area (Å²) in [7, 11) is 1.91. The fourth-order valence-corrected chi connectivity index (χ4v) is 3.17. The van der Waals surface area contributed by atoms with Crippen molar-refractivity contribution in [3.8, 4) is 0 Å². The number of aryl methyl sites for hydroxylation is 1. The highest BCUT2D eigenvalue weighted by molar-refractivity contribution is 9.10. The molecule has 22 heavy (non-hydrogen) atoms. The lowest BCUT2D eigenvalue weighted by Crippen LogP contribution is -2.28. The van der Waals surface area contributed by atoms with Gasteiger partial charge in [-0.1, -0.05) is 28.1 Å². The fraction of sp³-hybridized carbons (Fsp3) is 0.412. The first-order valence-electron chi connectivity index (χ1n) is 7.51. The van der Waals surface area contributed by atoms with Crippen molar-refractivity contribution < 1.29 is 4.79 Å². The van der Waals surface area contributed by atoms with Crippen LogP contribution in [0.3, 0.4) is 0 Å². The Morgan fingerprint density at radius 3 is 2.68 bits per heavy atom. The molecule has 0 aliphatic heterocycles. The number of hydrogen-bond donors (Lipinski definition) is 1. The second-order valence-corrected chi connectivity index (χ2v) is 6.96. The van der Waals surface area contributed by atoms with Crippen LogP contribution < -0.4 is 5.32 Å². The van der Waals surface area contributed by atoms with Crippen LogP contribution in [-0.2, 0) is 11.8 Å². The molecule has 1 aliphatic carbocycles. The summed E-state index contributed by atoms with van der Waals surface area (Å²) in [5, 5.41) is 7.36. The molecule has 1 aromatic carbocycles. The summed E-state index contributed by atoms with van der Waals surface area (Å²) in [5.41, 5.74) is 3.42. The summed E-state index contributed by atoms with van der Waals surface area (Å²) in [6.45, 7) is 4.03. The topological polar surface area (TPSA) is 46.9 Å². The van der Waals surface area contributed by atoms with E-state index in [4.69, 9.17) is 0 Å². The molecule has 116 valence electrons. The van der Waals surface area contributed by atoms with E-state index in [9.17, 15) is 4.79 Å². The van der Waals surface area contributed by atoms with Gasteiger partial charge in [0.2, 0.25) is 5.91 Å². The maximum atomic E-state index is 12.4. The van der Waals surface area contributed by atoms with E-state index in [2.05, 4.69) is 38.5 Å². The van der Waals surface area contributed by atoms with Gasteiger partial charge in [-0.25, -0.2) is 0 Å². The van der Waals surface area contributed by atoms with Crippen LogP contribution in [0.4, 0.5) is 0 Å². The molecule has 1 N–H and O–H groups in total. The first-order chi connectivity index (χ1) is 10.5. The standard InChI is InChI=1S/C17H20BrN3O/c1-10(16-9-19-21(3)11(16)2)20-17(22)15-8-14(15)12-4-6-13(18)7-5-12/h4-7,9-10,14-15H,8H2,1-3H3,(H,20,22)/t10-,14-,15-/m0/s1. The van der Waals surface area contributed by atoms with Crippen molar-refractivity contribution in [3.63, 3.8) is 0 Å². The van der Waals surface area contributed by atoms with Gasteiger partial charge in [0, 0.05) is 28.7 Å². The zero-order chi connectivity index (χ0) is 15.9. The van der Waals surface area contributed by atoms with E-state index in [1.165, 1.54) is 5.56 Å². The molecule has 0 unspecified atom stereocenters. The maximum absolute atomic E-state index is 12.4. The van der Waals surface area contributed by atoms with E-state index in [-0.39, 0.29) is 17.9 Å². The Kier molecular flexibility index (Phi) is 4.08. The summed E-state index contributed by atoms with van der Waals surface area (Å²) in [6.07, 6.45) is 2.77. The van der Waals surface area contributed by atoms with E-state index < -0.39 is 0 Å². The highest BCUT2D eigenvalue weighted by Gasteiger charge is 2.44. The van der Waals surface area contributed by atoms with Crippen molar-refractivity contribution >= 4 is 21.8 Å². The van der Waals surface area contributed by atoms with Gasteiger partial charge >= 0.3 is 0 Å². The third-order valence-corrected chi connectivity index (χ3v) is 5.05. The van der Waals surface area contributed by atoms with E-state index in [1.54, 1.807) is 0 Å². The van der Waals surface area contributed by atoms with Crippen LogP contribution in [0.1, 0.15) is 42.1 Å². The number of hydrogen-bond acceptors (Lipinski definition) is 2. The lowest BCUT2D eigenvalue weighted by Gasteiger charge is -2.14. The summed E-state index contributed by atoms with van der Waals surface area (Å²) in [4.78, 5) is 12.4. The van der Waals surface area contributed by atoms with Crippen molar-refractivity contribution in [2.45, 2.75) is 32.2 Å². The molecule has 0 spiro atoms. The van der Waals surface area contributed by atoms with Gasteiger partial charge in [0.25, 0.3) is 0 Å². The average Bonchev–Trinajstić information content (AvgIpc) is 3.21. The minimum absolute atomic E-state index is 0.00707. The molecule has 1 aliphatic rings. The van der Waals surface area contributed by atoms with E-state index in [0.717, 1.165) is 22.2 Å². The molecule has 0 bridgehead atoms. The van der Waals surface area contributed by atoms with E-state index in [0.29, 0.717) is 5.92 Å². The van der Waals surface area contributed by atoms with Gasteiger partial charge in [-0.2, -0.15) is 5.10 Å². The third kappa shape index (κ3) is 2.95. The van der Waals surface area contributed by atoms with Crippen LogP contribution in [0, 0.1) is 12.8 Å². The van der Waals surface area contributed by atoms with Gasteiger partial charge in [-0.05, 0) is 43.9 Å². The molecule has 1 amide bonds. The van der Waals surface area contributed by atoms with Gasteiger partial charge in [-0.3, -0.25) is 9.48 Å². The van der Waals surface area contributed by atoms with Gasteiger partial charge < -0.3 is 5.32 Å². The minimum atomic E-state index is -0.00707. The van der Waals surface area contributed by atoms with Crippen LogP contribution in [0.15, 0.2) is 34.9 Å². The van der Waals surface area contributed by atoms with Gasteiger partial charge in [-0.15, -0.1) is 0 Å². The molecular formula is C17H20BrN3O. The highest BCUT2D eigenvalue weighted by Crippen LogP contribution is 2.47. The lowest BCUT2D eigenvalue weighted by molar-refractivity contribution is -0.123. The van der Waals surface area contributed by atoms with Gasteiger partial charge in [0.15, 0.2) is 0 Å². The summed E-state index contributed by atoms with van der Waals surface area (Å²) in [5.74, 6) is 0.597. The molecule has 1 fully saturated rings. The number of benzene rings is 1. The Bertz CT molecular complexity index is 692. The van der Waals surface area contributed by atoms with Crippen LogP contribution in [0.2, 0.25) is 0 Å². The SMILES string of the molecule is Cc1c([C@H](C)NC(=O)[C@H]2C[C@H]2c2ccc(Br)cc2)cnn1C. The van der Waals surface area contributed by atoms with Crippen molar-refractivity contribution in [3.05, 3.63) is 51.8 Å². The van der Waals surface area contributed by atoms with E-state index in [1.807, 2.05) is 43.9 Å². The van der Waals surface area contributed by atoms with E-state index >= 15 is 0 Å². The molecule has 2 aromatic rings. The second-order valence-electron chi connectivity index (χ2n) is 6.04. The number of carbonyl (C=O) groups is 1. The average molecular weight is 362 g/mol. The fourth-order valence-electron chi connectivity index (χ4n) is 2.90. The lowest BCUT2D eigenvalue weighted by atomic mass is 10.1. The summed E-state index contributed by atoms with van der Waals surface area (Å²) >= 11 is 3.44. The van der Waals surface area contributed by atoms with Crippen LogP contribution in [0.25, 0.3) is 0 Å². The van der Waals surface area contributed by atoms with Gasteiger partial charge in [0.05, 0.1) is 12.2 Å². The molecule has 3 rings (SSSR count). The molecule has 5 heteroatoms. The molecule has 3 atom stereocenters. The molecule has 0 saturated heterocycles. The molecule has 0 radical (unpaired) electrons. The number of carbonyl (C=O) groups excluding carboxylic acids is 1. The third-order valence-electron chi connectivity index (χ3n) is 4.52. The number of aromatic nitrogens is 2. The Labute approximate surface area is 139 Å². The number of halogens is 1. The molecular weight excluding hydrogens is 342 g/mol. The zero-order valence-corrected chi connectivity index (χ0v) is 14.6. The van der Waals surface area contributed by atoms with Crippen molar-refractivity contribution in [1.29, 1.82) is 0 Å². The number of rotatable bonds is 4. The Morgan fingerprint density at radius 2 is 2.09 bits per heavy atom.